The zero-order chi connectivity index (χ0) is 21.4. The molecule has 0 spiro atoms. The van der Waals surface area contributed by atoms with Gasteiger partial charge in [-0.3, -0.25) is 4.79 Å². The average molecular weight is 499 g/mol. The van der Waals surface area contributed by atoms with E-state index in [1.54, 1.807) is 24.3 Å². The summed E-state index contributed by atoms with van der Waals surface area (Å²) in [5.41, 5.74) is 0.790. The molecule has 29 heavy (non-hydrogen) atoms. The maximum absolute atomic E-state index is 13.2. The minimum absolute atomic E-state index is 0.0672. The van der Waals surface area contributed by atoms with Crippen molar-refractivity contribution in [1.29, 1.82) is 0 Å². The van der Waals surface area contributed by atoms with Crippen LogP contribution in [0.3, 0.4) is 0 Å². The van der Waals surface area contributed by atoms with E-state index in [1.807, 2.05) is 0 Å². The molecule has 0 saturated heterocycles. The lowest BCUT2D eigenvalue weighted by atomic mass is 10.1. The molecule has 0 aromatic heterocycles. The van der Waals surface area contributed by atoms with Gasteiger partial charge < -0.3 is 4.90 Å². The molecule has 154 valence electrons. The number of benzene rings is 2. The van der Waals surface area contributed by atoms with Crippen molar-refractivity contribution in [3.63, 3.8) is 0 Å². The number of nitrogens with zero attached hydrogens (tertiary/aromatic N) is 2. The molecule has 3 rings (SSSR count). The van der Waals surface area contributed by atoms with Crippen LogP contribution in [0.15, 0.2) is 69.4 Å². The molecule has 2 aromatic rings. The highest BCUT2D eigenvalue weighted by atomic mass is 79.9. The Balaban J connectivity index is 1.99. The molecular formula is C19H19BrN2O5S2. The summed E-state index contributed by atoms with van der Waals surface area (Å²) in [4.78, 5) is 14.7. The molecule has 10 heteroatoms. The van der Waals surface area contributed by atoms with Gasteiger partial charge in [-0.25, -0.2) is 21.1 Å². The Morgan fingerprint density at radius 1 is 1.03 bits per heavy atom. The summed E-state index contributed by atoms with van der Waals surface area (Å²) in [7, 11) is -4.14. The van der Waals surface area contributed by atoms with E-state index in [0.29, 0.717) is 5.69 Å². The van der Waals surface area contributed by atoms with Crippen LogP contribution in [0.25, 0.3) is 0 Å². The van der Waals surface area contributed by atoms with Gasteiger partial charge in [-0.1, -0.05) is 15.9 Å². The zero-order valence-electron chi connectivity index (χ0n) is 15.7. The van der Waals surface area contributed by atoms with Crippen LogP contribution in [0.5, 0.6) is 0 Å². The van der Waals surface area contributed by atoms with Crippen LogP contribution in [0.4, 0.5) is 5.69 Å². The molecule has 1 aliphatic heterocycles. The molecule has 0 bridgehead atoms. The van der Waals surface area contributed by atoms with Crippen molar-refractivity contribution < 1.29 is 21.6 Å². The second-order valence-corrected chi connectivity index (χ2v) is 11.7. The van der Waals surface area contributed by atoms with Gasteiger partial charge in [-0.05, 0) is 54.6 Å². The van der Waals surface area contributed by atoms with Crippen LogP contribution in [-0.4, -0.2) is 52.9 Å². The van der Waals surface area contributed by atoms with Gasteiger partial charge in [0.05, 0.1) is 16.7 Å². The molecule has 0 aliphatic carbocycles. The van der Waals surface area contributed by atoms with Crippen molar-refractivity contribution >= 4 is 47.4 Å². The quantitative estimate of drug-likeness (QED) is 0.631. The van der Waals surface area contributed by atoms with Crippen LogP contribution in [0, 0.1) is 0 Å². The number of carbonyl (C=O) groups excluding carboxylic acids is 1. The fourth-order valence-corrected chi connectivity index (χ4v) is 5.33. The fraction of sp³-hybridized carbons (Fsp3) is 0.211. The van der Waals surface area contributed by atoms with E-state index in [9.17, 15) is 21.6 Å². The highest BCUT2D eigenvalue weighted by Crippen LogP contribution is 2.27. The molecule has 2 aromatic carbocycles. The van der Waals surface area contributed by atoms with E-state index >= 15 is 0 Å². The van der Waals surface area contributed by atoms with Crippen LogP contribution >= 0.6 is 15.9 Å². The van der Waals surface area contributed by atoms with Crippen molar-refractivity contribution in [2.45, 2.75) is 10.9 Å². The van der Waals surface area contributed by atoms with Gasteiger partial charge >= 0.3 is 0 Å². The Bertz CT molecular complexity index is 1160. The van der Waals surface area contributed by atoms with Crippen molar-refractivity contribution in [2.24, 2.45) is 0 Å². The summed E-state index contributed by atoms with van der Waals surface area (Å²) in [5, 5.41) is 1.11. The van der Waals surface area contributed by atoms with E-state index in [2.05, 4.69) is 15.9 Å². The van der Waals surface area contributed by atoms with Gasteiger partial charge in [0.25, 0.3) is 5.91 Å². The number of amides is 1. The third-order valence-electron chi connectivity index (χ3n) is 4.45. The fourth-order valence-electron chi connectivity index (χ4n) is 2.90. The Labute approximate surface area is 178 Å². The molecule has 0 unspecified atom stereocenters. The standard InChI is InChI=1S/C19H19BrN2O5S2/c1-21(2)29(26,27)18-9-3-14(4-10-18)19(23)22(16-7-5-15(20)6-8-16)17-11-12-28(24,25)13-17/h3-12,17H,13H2,1-2H3/t17-/m0/s1. The number of sulfonamides is 1. The highest BCUT2D eigenvalue weighted by molar-refractivity contribution is 9.10. The first-order valence-corrected chi connectivity index (χ1v) is 12.5. The predicted molar refractivity (Wildman–Crippen MR) is 115 cm³/mol. The highest BCUT2D eigenvalue weighted by Gasteiger charge is 2.32. The minimum atomic E-state index is -3.61. The summed E-state index contributed by atoms with van der Waals surface area (Å²) in [6.45, 7) is 0. The number of anilines is 1. The smallest absolute Gasteiger partial charge is 0.258 e. The normalized spacial score (nSPS) is 18.1. The van der Waals surface area contributed by atoms with Crippen LogP contribution < -0.4 is 4.90 Å². The van der Waals surface area contributed by atoms with Gasteiger partial charge in [0, 0.05) is 35.2 Å². The number of carbonyl (C=O) groups is 1. The zero-order valence-corrected chi connectivity index (χ0v) is 18.9. The summed E-state index contributed by atoms with van der Waals surface area (Å²) < 4.78 is 50.2. The first kappa shape index (κ1) is 21.7. The van der Waals surface area contributed by atoms with Gasteiger partial charge in [0.15, 0.2) is 9.84 Å². The van der Waals surface area contributed by atoms with Gasteiger partial charge in [0.2, 0.25) is 10.0 Å². The Morgan fingerprint density at radius 3 is 2.10 bits per heavy atom. The van der Waals surface area contributed by atoms with Crippen LogP contribution in [0.2, 0.25) is 0 Å². The van der Waals surface area contributed by atoms with E-state index in [4.69, 9.17) is 0 Å². The number of hydrogen-bond acceptors (Lipinski definition) is 5. The van der Waals surface area contributed by atoms with Crippen LogP contribution in [-0.2, 0) is 19.9 Å². The molecule has 1 aliphatic rings. The van der Waals surface area contributed by atoms with Crippen LogP contribution in [0.1, 0.15) is 10.4 Å². The maximum atomic E-state index is 13.2. The largest absolute Gasteiger partial charge is 0.300 e. The van der Waals surface area contributed by atoms with Crippen molar-refractivity contribution in [2.75, 3.05) is 24.7 Å². The first-order chi connectivity index (χ1) is 13.5. The summed E-state index contributed by atoms with van der Waals surface area (Å²) in [5.74, 6) is -0.630. The lowest BCUT2D eigenvalue weighted by molar-refractivity contribution is 0.0983. The Kier molecular flexibility index (Phi) is 6.00. The number of sulfone groups is 1. The second-order valence-electron chi connectivity index (χ2n) is 6.69. The molecule has 1 amide bonds. The van der Waals surface area contributed by atoms with E-state index < -0.39 is 31.8 Å². The van der Waals surface area contributed by atoms with Crippen molar-refractivity contribution in [3.8, 4) is 0 Å². The summed E-state index contributed by atoms with van der Waals surface area (Å²) in [6.07, 6.45) is 1.49. The Morgan fingerprint density at radius 2 is 1.62 bits per heavy atom. The third-order valence-corrected chi connectivity index (χ3v) is 8.18. The molecule has 0 saturated carbocycles. The van der Waals surface area contributed by atoms with Gasteiger partial charge in [-0.15, -0.1) is 0 Å². The molecule has 1 atom stereocenters. The monoisotopic (exact) mass is 498 g/mol. The predicted octanol–water partition coefficient (Wildman–Crippen LogP) is 2.66. The second kappa shape index (κ2) is 8.02. The number of hydrogen-bond donors (Lipinski definition) is 0. The lowest BCUT2D eigenvalue weighted by Crippen LogP contribution is -2.41. The minimum Gasteiger partial charge on any atom is -0.300 e. The van der Waals surface area contributed by atoms with Gasteiger partial charge in [-0.2, -0.15) is 0 Å². The van der Waals surface area contributed by atoms with Gasteiger partial charge in [0.1, 0.15) is 0 Å². The molecular weight excluding hydrogens is 480 g/mol. The first-order valence-electron chi connectivity index (χ1n) is 8.54. The molecule has 0 fully saturated rings. The molecule has 0 radical (unpaired) electrons. The van der Waals surface area contributed by atoms with Crippen molar-refractivity contribution in [1.82, 2.24) is 4.31 Å². The summed E-state index contributed by atoms with van der Waals surface area (Å²) >= 11 is 3.34. The number of rotatable bonds is 5. The maximum Gasteiger partial charge on any atom is 0.258 e. The molecule has 7 nitrogen and oxygen atoms in total. The Hall–Kier alpha value is -2.01. The average Bonchev–Trinajstić information content (AvgIpc) is 3.02. The molecule has 1 heterocycles. The summed E-state index contributed by atoms with van der Waals surface area (Å²) in [6, 6.07) is 11.9. The lowest BCUT2D eigenvalue weighted by Gasteiger charge is -2.28. The van der Waals surface area contributed by atoms with E-state index in [-0.39, 0.29) is 16.2 Å². The number of halogens is 1. The third kappa shape index (κ3) is 4.61. The van der Waals surface area contributed by atoms with E-state index in [0.717, 1.165) is 14.2 Å². The topological polar surface area (TPSA) is 91.8 Å². The molecule has 0 N–H and O–H groups in total. The van der Waals surface area contributed by atoms with E-state index in [1.165, 1.54) is 49.3 Å². The SMILES string of the molecule is CN(C)S(=O)(=O)c1ccc(C(=O)N(c2ccc(Br)cc2)[C@H]2C=CS(=O)(=O)C2)cc1. The van der Waals surface area contributed by atoms with Crippen molar-refractivity contribution in [3.05, 3.63) is 70.1 Å².